The Morgan fingerprint density at radius 1 is 1.35 bits per heavy atom. The Balaban J connectivity index is 1.89. The average Bonchev–Trinajstić information content (AvgIpc) is 3.20. The molecular weight excluding hydrogens is 294 g/mol. The molecule has 1 N–H and O–H groups in total. The molecule has 1 aromatic carbocycles. The first kappa shape index (κ1) is 15.3. The summed E-state index contributed by atoms with van der Waals surface area (Å²) in [6, 6.07) is 11.0. The summed E-state index contributed by atoms with van der Waals surface area (Å²) in [5.74, 6) is 0.826. The molecule has 0 unspecified atom stereocenters. The Morgan fingerprint density at radius 2 is 2.17 bits per heavy atom. The lowest BCUT2D eigenvalue weighted by Gasteiger charge is -2.15. The number of carbonyl (C=O) groups excluding carboxylic acids is 1. The Bertz CT molecular complexity index is 793. The molecule has 3 aromatic rings. The molecule has 1 amide bonds. The van der Waals surface area contributed by atoms with E-state index in [9.17, 15) is 4.79 Å². The van der Waals surface area contributed by atoms with E-state index >= 15 is 0 Å². The van der Waals surface area contributed by atoms with Gasteiger partial charge in [0.05, 0.1) is 29.9 Å². The monoisotopic (exact) mass is 313 g/mol. The Hall–Kier alpha value is -2.60. The zero-order chi connectivity index (χ0) is 16.2. The number of ether oxygens (including phenoxy) is 1. The molecule has 0 spiro atoms. The largest absolute Gasteiger partial charge is 0.459 e. The van der Waals surface area contributed by atoms with E-state index in [1.165, 1.54) is 6.26 Å². The highest BCUT2D eigenvalue weighted by Crippen LogP contribution is 2.21. The second-order valence-electron chi connectivity index (χ2n) is 5.28. The number of hydrogen-bond donors (Lipinski definition) is 1. The fraction of sp³-hybridized carbons (Fsp3) is 0.294. The Labute approximate surface area is 134 Å². The quantitative estimate of drug-likeness (QED) is 0.760. The molecule has 0 aliphatic carbocycles. The first-order valence-corrected chi connectivity index (χ1v) is 7.49. The van der Waals surface area contributed by atoms with Gasteiger partial charge in [-0.1, -0.05) is 12.1 Å². The Kier molecular flexibility index (Phi) is 4.43. The lowest BCUT2D eigenvalue weighted by molar-refractivity contribution is 0.0909. The van der Waals surface area contributed by atoms with Gasteiger partial charge in [0.15, 0.2) is 5.76 Å². The third-order valence-electron chi connectivity index (χ3n) is 3.68. The number of rotatable bonds is 6. The van der Waals surface area contributed by atoms with Gasteiger partial charge in [0.2, 0.25) is 0 Å². The molecule has 23 heavy (non-hydrogen) atoms. The van der Waals surface area contributed by atoms with Crippen molar-refractivity contribution in [1.29, 1.82) is 0 Å². The van der Waals surface area contributed by atoms with Gasteiger partial charge in [-0.15, -0.1) is 0 Å². The van der Waals surface area contributed by atoms with Crippen molar-refractivity contribution in [1.82, 2.24) is 14.9 Å². The maximum Gasteiger partial charge on any atom is 0.287 e. The summed E-state index contributed by atoms with van der Waals surface area (Å²) >= 11 is 0. The van der Waals surface area contributed by atoms with Crippen molar-refractivity contribution in [2.75, 3.05) is 13.7 Å². The Morgan fingerprint density at radius 3 is 2.91 bits per heavy atom. The molecule has 0 aliphatic rings. The van der Waals surface area contributed by atoms with Crippen LogP contribution < -0.4 is 5.32 Å². The van der Waals surface area contributed by atoms with Crippen LogP contribution in [0.15, 0.2) is 47.1 Å². The number of aromatic nitrogens is 2. The minimum atomic E-state index is -0.257. The van der Waals surface area contributed by atoms with Gasteiger partial charge in [-0.2, -0.15) is 0 Å². The zero-order valence-corrected chi connectivity index (χ0v) is 13.2. The fourth-order valence-electron chi connectivity index (χ4n) is 2.58. The SMILES string of the molecule is COCCn1c([C@H](C)NC(=O)c2ccco2)nc2ccccc21. The van der Waals surface area contributed by atoms with Crippen LogP contribution in [0, 0.1) is 0 Å². The minimum absolute atomic E-state index is 0.253. The smallest absolute Gasteiger partial charge is 0.287 e. The van der Waals surface area contributed by atoms with Crippen LogP contribution in [-0.2, 0) is 11.3 Å². The fourth-order valence-corrected chi connectivity index (χ4v) is 2.58. The third kappa shape index (κ3) is 3.12. The summed E-state index contributed by atoms with van der Waals surface area (Å²) in [7, 11) is 1.67. The molecule has 120 valence electrons. The maximum atomic E-state index is 12.2. The molecule has 0 saturated carbocycles. The minimum Gasteiger partial charge on any atom is -0.459 e. The van der Waals surface area contributed by atoms with Crippen LogP contribution in [0.5, 0.6) is 0 Å². The maximum absolute atomic E-state index is 12.2. The van der Waals surface area contributed by atoms with Gasteiger partial charge in [-0.05, 0) is 31.2 Å². The summed E-state index contributed by atoms with van der Waals surface area (Å²) in [5.41, 5.74) is 1.93. The van der Waals surface area contributed by atoms with Crippen LogP contribution >= 0.6 is 0 Å². The molecular formula is C17H19N3O3. The van der Waals surface area contributed by atoms with E-state index in [-0.39, 0.29) is 17.7 Å². The number of hydrogen-bond acceptors (Lipinski definition) is 4. The summed E-state index contributed by atoms with van der Waals surface area (Å²) < 4.78 is 12.4. The summed E-state index contributed by atoms with van der Waals surface area (Å²) in [5, 5.41) is 2.92. The van der Waals surface area contributed by atoms with E-state index in [1.807, 2.05) is 31.2 Å². The van der Waals surface area contributed by atoms with Gasteiger partial charge in [0, 0.05) is 13.7 Å². The second-order valence-corrected chi connectivity index (χ2v) is 5.28. The van der Waals surface area contributed by atoms with Crippen molar-refractivity contribution in [3.8, 4) is 0 Å². The van der Waals surface area contributed by atoms with Crippen molar-refractivity contribution < 1.29 is 13.9 Å². The first-order valence-electron chi connectivity index (χ1n) is 7.49. The lowest BCUT2D eigenvalue weighted by Crippen LogP contribution is -2.28. The van der Waals surface area contributed by atoms with Crippen molar-refractivity contribution in [3.05, 3.63) is 54.2 Å². The van der Waals surface area contributed by atoms with E-state index in [2.05, 4.69) is 14.9 Å². The number of nitrogens with zero attached hydrogens (tertiary/aromatic N) is 2. The molecule has 3 rings (SSSR count). The number of furan rings is 1. The summed E-state index contributed by atoms with van der Waals surface area (Å²) in [4.78, 5) is 16.8. The standard InChI is InChI=1S/C17H19N3O3/c1-12(18-17(21)15-8-5-10-23-15)16-19-13-6-3-4-7-14(13)20(16)9-11-22-2/h3-8,10,12H,9,11H2,1-2H3,(H,18,21)/t12-/m0/s1. The molecule has 0 radical (unpaired) electrons. The van der Waals surface area contributed by atoms with Crippen LogP contribution in [0.25, 0.3) is 11.0 Å². The molecule has 1 atom stereocenters. The van der Waals surface area contributed by atoms with E-state index in [0.29, 0.717) is 13.2 Å². The highest BCUT2D eigenvalue weighted by molar-refractivity contribution is 5.91. The van der Waals surface area contributed by atoms with Gasteiger partial charge in [-0.25, -0.2) is 4.98 Å². The predicted octanol–water partition coefficient (Wildman–Crippen LogP) is 2.77. The van der Waals surface area contributed by atoms with Gasteiger partial charge >= 0.3 is 0 Å². The van der Waals surface area contributed by atoms with Crippen LogP contribution in [0.3, 0.4) is 0 Å². The molecule has 0 bridgehead atoms. The van der Waals surface area contributed by atoms with Gasteiger partial charge < -0.3 is 19.0 Å². The normalized spacial score (nSPS) is 12.4. The lowest BCUT2D eigenvalue weighted by atomic mass is 10.3. The van der Waals surface area contributed by atoms with Crippen LogP contribution in [-0.4, -0.2) is 29.2 Å². The van der Waals surface area contributed by atoms with E-state index in [1.54, 1.807) is 19.2 Å². The number of methoxy groups -OCH3 is 1. The first-order chi connectivity index (χ1) is 11.2. The van der Waals surface area contributed by atoms with Crippen LogP contribution in [0.4, 0.5) is 0 Å². The molecule has 2 heterocycles. The molecule has 6 heteroatoms. The van der Waals surface area contributed by atoms with Crippen molar-refractivity contribution in [2.24, 2.45) is 0 Å². The number of nitrogens with one attached hydrogen (secondary N) is 1. The van der Waals surface area contributed by atoms with Crippen molar-refractivity contribution in [3.63, 3.8) is 0 Å². The number of para-hydroxylation sites is 2. The number of benzene rings is 1. The van der Waals surface area contributed by atoms with Crippen LogP contribution in [0.1, 0.15) is 29.3 Å². The van der Waals surface area contributed by atoms with Crippen molar-refractivity contribution >= 4 is 16.9 Å². The molecule has 0 saturated heterocycles. The number of fused-ring (bicyclic) bond motifs is 1. The molecule has 6 nitrogen and oxygen atoms in total. The highest BCUT2D eigenvalue weighted by atomic mass is 16.5. The van der Waals surface area contributed by atoms with Gasteiger partial charge in [0.1, 0.15) is 5.82 Å². The second kappa shape index (κ2) is 6.66. The number of amides is 1. The van der Waals surface area contributed by atoms with Gasteiger partial charge in [-0.3, -0.25) is 4.79 Å². The predicted molar refractivity (Wildman–Crippen MR) is 86.2 cm³/mol. The van der Waals surface area contributed by atoms with Gasteiger partial charge in [0.25, 0.3) is 5.91 Å². The summed E-state index contributed by atoms with van der Waals surface area (Å²) in [6.07, 6.45) is 1.48. The third-order valence-corrected chi connectivity index (χ3v) is 3.68. The number of carbonyl (C=O) groups is 1. The van der Waals surface area contributed by atoms with E-state index in [4.69, 9.17) is 9.15 Å². The van der Waals surface area contributed by atoms with Crippen molar-refractivity contribution in [2.45, 2.75) is 19.5 Å². The van der Waals surface area contributed by atoms with E-state index < -0.39 is 0 Å². The van der Waals surface area contributed by atoms with E-state index in [0.717, 1.165) is 16.9 Å². The van der Waals surface area contributed by atoms with Crippen LogP contribution in [0.2, 0.25) is 0 Å². The average molecular weight is 313 g/mol. The zero-order valence-electron chi connectivity index (χ0n) is 13.2. The topological polar surface area (TPSA) is 69.3 Å². The molecule has 0 aliphatic heterocycles. The highest BCUT2D eigenvalue weighted by Gasteiger charge is 2.19. The molecule has 0 fully saturated rings. The molecule has 2 aromatic heterocycles. The summed E-state index contributed by atoms with van der Waals surface area (Å²) in [6.45, 7) is 3.16. The number of imidazole rings is 1.